The summed E-state index contributed by atoms with van der Waals surface area (Å²) >= 11 is 1.70. The molecule has 1 aliphatic heterocycles. The first-order chi connectivity index (χ1) is 6.86. The molecule has 1 saturated heterocycles. The lowest BCUT2D eigenvalue weighted by Crippen LogP contribution is -2.27. The summed E-state index contributed by atoms with van der Waals surface area (Å²) in [5.41, 5.74) is 1.30. The van der Waals surface area contributed by atoms with Gasteiger partial charge in [-0.3, -0.25) is 4.79 Å². The molecule has 0 unspecified atom stereocenters. The molecule has 1 aromatic carbocycles. The number of carbonyl (C=O) groups is 1. The molecule has 0 bridgehead atoms. The van der Waals surface area contributed by atoms with Crippen LogP contribution in [0.1, 0.15) is 5.56 Å². The van der Waals surface area contributed by atoms with Gasteiger partial charge in [0.15, 0.2) is 0 Å². The Bertz CT molecular complexity index is 312. The molecule has 14 heavy (non-hydrogen) atoms. The molecule has 0 N–H and O–H groups in total. The quantitative estimate of drug-likeness (QED) is 0.752. The van der Waals surface area contributed by atoms with Gasteiger partial charge in [-0.15, -0.1) is 11.8 Å². The second-order valence-electron chi connectivity index (χ2n) is 3.37. The second-order valence-corrected chi connectivity index (χ2v) is 4.33. The highest BCUT2D eigenvalue weighted by molar-refractivity contribution is 8.00. The zero-order valence-corrected chi connectivity index (χ0v) is 8.80. The Morgan fingerprint density at radius 3 is 2.71 bits per heavy atom. The number of amides is 1. The van der Waals surface area contributed by atoms with Crippen molar-refractivity contribution >= 4 is 17.7 Å². The molecule has 0 aromatic heterocycles. The van der Waals surface area contributed by atoms with Crippen LogP contribution < -0.4 is 0 Å². The third kappa shape index (κ3) is 2.29. The van der Waals surface area contributed by atoms with Crippen molar-refractivity contribution in [1.29, 1.82) is 0 Å². The minimum Gasteiger partial charge on any atom is -0.332 e. The van der Waals surface area contributed by atoms with Crippen LogP contribution in [0.4, 0.5) is 0 Å². The van der Waals surface area contributed by atoms with E-state index in [0.717, 1.165) is 18.8 Å². The zero-order valence-electron chi connectivity index (χ0n) is 7.98. The van der Waals surface area contributed by atoms with Crippen LogP contribution in [0, 0.1) is 0 Å². The number of rotatable bonds is 3. The van der Waals surface area contributed by atoms with Crippen LogP contribution in [-0.2, 0) is 11.2 Å². The van der Waals surface area contributed by atoms with Gasteiger partial charge in [-0.1, -0.05) is 30.3 Å². The Labute approximate surface area is 88.3 Å². The van der Waals surface area contributed by atoms with E-state index >= 15 is 0 Å². The Morgan fingerprint density at radius 2 is 2.07 bits per heavy atom. The van der Waals surface area contributed by atoms with Gasteiger partial charge >= 0.3 is 0 Å². The first-order valence-electron chi connectivity index (χ1n) is 4.76. The van der Waals surface area contributed by atoms with Crippen molar-refractivity contribution in [3.63, 3.8) is 0 Å². The van der Waals surface area contributed by atoms with Gasteiger partial charge in [0.2, 0.25) is 5.91 Å². The minimum atomic E-state index is 0.283. The second kappa shape index (κ2) is 4.51. The maximum Gasteiger partial charge on any atom is 0.233 e. The van der Waals surface area contributed by atoms with Gasteiger partial charge in [0.1, 0.15) is 0 Å². The van der Waals surface area contributed by atoms with Gasteiger partial charge in [0.05, 0.1) is 11.6 Å². The minimum absolute atomic E-state index is 0.283. The van der Waals surface area contributed by atoms with Gasteiger partial charge in [-0.05, 0) is 12.0 Å². The average molecular weight is 207 g/mol. The summed E-state index contributed by atoms with van der Waals surface area (Å²) in [5, 5.41) is 0. The molecule has 2 rings (SSSR count). The molecule has 0 aliphatic carbocycles. The average Bonchev–Trinajstić information content (AvgIpc) is 2.63. The van der Waals surface area contributed by atoms with E-state index in [9.17, 15) is 4.79 Å². The lowest BCUT2D eigenvalue weighted by atomic mass is 10.1. The van der Waals surface area contributed by atoms with Gasteiger partial charge < -0.3 is 4.90 Å². The summed E-state index contributed by atoms with van der Waals surface area (Å²) in [4.78, 5) is 13.2. The number of nitrogens with zero attached hydrogens (tertiary/aromatic N) is 1. The van der Waals surface area contributed by atoms with Gasteiger partial charge in [0.25, 0.3) is 0 Å². The molecule has 1 fully saturated rings. The fraction of sp³-hybridized carbons (Fsp3) is 0.364. The standard InChI is InChI=1S/C11H13NOS/c13-11-8-14-9-12(11)7-6-10-4-2-1-3-5-10/h1-5H,6-9H2. The summed E-state index contributed by atoms with van der Waals surface area (Å²) in [6.45, 7) is 0.857. The van der Waals surface area contributed by atoms with Crippen molar-refractivity contribution in [2.45, 2.75) is 6.42 Å². The molecule has 2 nitrogen and oxygen atoms in total. The monoisotopic (exact) mass is 207 g/mol. The molecule has 3 heteroatoms. The molecule has 1 aromatic rings. The predicted octanol–water partition coefficient (Wildman–Crippen LogP) is 1.76. The Balaban J connectivity index is 1.85. The van der Waals surface area contributed by atoms with Crippen molar-refractivity contribution < 1.29 is 4.79 Å². The predicted molar refractivity (Wildman–Crippen MR) is 59.2 cm³/mol. The summed E-state index contributed by atoms with van der Waals surface area (Å²) in [6.07, 6.45) is 0.965. The number of hydrogen-bond acceptors (Lipinski definition) is 2. The smallest absolute Gasteiger partial charge is 0.233 e. The topological polar surface area (TPSA) is 20.3 Å². The van der Waals surface area contributed by atoms with Gasteiger partial charge in [-0.25, -0.2) is 0 Å². The Kier molecular flexibility index (Phi) is 3.09. The largest absolute Gasteiger partial charge is 0.332 e. The van der Waals surface area contributed by atoms with E-state index < -0.39 is 0 Å². The van der Waals surface area contributed by atoms with E-state index in [1.165, 1.54) is 5.56 Å². The van der Waals surface area contributed by atoms with Crippen molar-refractivity contribution in [3.05, 3.63) is 35.9 Å². The van der Waals surface area contributed by atoms with Crippen LogP contribution in [-0.4, -0.2) is 29.0 Å². The summed E-state index contributed by atoms with van der Waals surface area (Å²) in [7, 11) is 0. The number of thioether (sulfide) groups is 1. The van der Waals surface area contributed by atoms with Crippen molar-refractivity contribution in [3.8, 4) is 0 Å². The van der Waals surface area contributed by atoms with E-state index in [4.69, 9.17) is 0 Å². The lowest BCUT2D eigenvalue weighted by Gasteiger charge is -2.13. The first-order valence-corrected chi connectivity index (χ1v) is 5.91. The highest BCUT2D eigenvalue weighted by Crippen LogP contribution is 2.15. The van der Waals surface area contributed by atoms with Crippen molar-refractivity contribution in [1.82, 2.24) is 4.90 Å². The third-order valence-electron chi connectivity index (χ3n) is 2.34. The van der Waals surface area contributed by atoms with Crippen LogP contribution in [0.3, 0.4) is 0 Å². The van der Waals surface area contributed by atoms with Crippen LogP contribution >= 0.6 is 11.8 Å². The molecular formula is C11H13NOS. The van der Waals surface area contributed by atoms with E-state index in [0.29, 0.717) is 5.75 Å². The van der Waals surface area contributed by atoms with Crippen LogP contribution in [0.25, 0.3) is 0 Å². The number of carbonyl (C=O) groups excluding carboxylic acids is 1. The first kappa shape index (κ1) is 9.59. The molecule has 0 radical (unpaired) electrons. The normalized spacial score (nSPS) is 16.3. The molecule has 1 heterocycles. The SMILES string of the molecule is O=C1CSCN1CCc1ccccc1. The highest BCUT2D eigenvalue weighted by atomic mass is 32.2. The summed E-state index contributed by atoms with van der Waals surface area (Å²) < 4.78 is 0. The molecule has 0 spiro atoms. The van der Waals surface area contributed by atoms with E-state index in [2.05, 4.69) is 12.1 Å². The van der Waals surface area contributed by atoms with Crippen LogP contribution in [0.15, 0.2) is 30.3 Å². The van der Waals surface area contributed by atoms with Crippen molar-refractivity contribution in [2.24, 2.45) is 0 Å². The Hall–Kier alpha value is -0.960. The van der Waals surface area contributed by atoms with Crippen molar-refractivity contribution in [2.75, 3.05) is 18.2 Å². The van der Waals surface area contributed by atoms with Gasteiger partial charge in [0, 0.05) is 6.54 Å². The van der Waals surface area contributed by atoms with E-state index in [1.807, 2.05) is 23.1 Å². The molecule has 74 valence electrons. The summed E-state index contributed by atoms with van der Waals surface area (Å²) in [5.74, 6) is 1.81. The van der Waals surface area contributed by atoms with Crippen LogP contribution in [0.5, 0.6) is 0 Å². The lowest BCUT2D eigenvalue weighted by molar-refractivity contribution is -0.126. The van der Waals surface area contributed by atoms with Crippen LogP contribution in [0.2, 0.25) is 0 Å². The van der Waals surface area contributed by atoms with E-state index in [-0.39, 0.29) is 5.91 Å². The number of benzene rings is 1. The fourth-order valence-electron chi connectivity index (χ4n) is 1.50. The fourth-order valence-corrected chi connectivity index (χ4v) is 2.45. The zero-order chi connectivity index (χ0) is 9.80. The van der Waals surface area contributed by atoms with E-state index in [1.54, 1.807) is 11.8 Å². The number of hydrogen-bond donors (Lipinski definition) is 0. The molecule has 1 amide bonds. The maximum atomic E-state index is 11.3. The molecular weight excluding hydrogens is 194 g/mol. The molecule has 1 aliphatic rings. The molecule has 0 saturated carbocycles. The maximum absolute atomic E-state index is 11.3. The third-order valence-corrected chi connectivity index (χ3v) is 3.28. The van der Waals surface area contributed by atoms with Gasteiger partial charge in [-0.2, -0.15) is 0 Å². The molecule has 0 atom stereocenters. The highest BCUT2D eigenvalue weighted by Gasteiger charge is 2.19. The Morgan fingerprint density at radius 1 is 1.29 bits per heavy atom. The summed E-state index contributed by atoms with van der Waals surface area (Å²) in [6, 6.07) is 10.3.